The number of primary amides is 1. The van der Waals surface area contributed by atoms with Crippen LogP contribution in [-0.4, -0.2) is 44.4 Å². The van der Waals surface area contributed by atoms with Crippen molar-refractivity contribution in [2.45, 2.75) is 63.5 Å². The van der Waals surface area contributed by atoms with Gasteiger partial charge in [-0.25, -0.2) is 9.18 Å². The lowest BCUT2D eigenvalue weighted by molar-refractivity contribution is 0.0406. The molecule has 1 aromatic heterocycles. The molecule has 0 spiro atoms. The summed E-state index contributed by atoms with van der Waals surface area (Å²) in [7, 11) is 0. The molecule has 1 aromatic carbocycles. The predicted molar refractivity (Wildman–Crippen MR) is 128 cm³/mol. The van der Waals surface area contributed by atoms with Crippen molar-refractivity contribution in [1.82, 2.24) is 14.7 Å². The van der Waals surface area contributed by atoms with E-state index >= 15 is 0 Å². The molecule has 0 bridgehead atoms. The van der Waals surface area contributed by atoms with E-state index in [9.17, 15) is 24.3 Å². The molecule has 4 rings (SSSR count). The molecule has 1 aliphatic heterocycles. The lowest BCUT2D eigenvalue weighted by Crippen LogP contribution is -2.50. The summed E-state index contributed by atoms with van der Waals surface area (Å²) < 4.78 is 14.9. The number of carbonyl (C=O) groups is 2. The predicted octanol–water partition coefficient (Wildman–Crippen LogP) is 4.66. The molecule has 2 fully saturated rings. The van der Waals surface area contributed by atoms with Crippen molar-refractivity contribution in [1.29, 1.82) is 5.26 Å². The zero-order valence-electron chi connectivity index (χ0n) is 19.6. The monoisotopic (exact) mass is 482 g/mol. The van der Waals surface area contributed by atoms with Crippen LogP contribution < -0.4 is 11.1 Å². The van der Waals surface area contributed by atoms with E-state index < -0.39 is 12.0 Å². The van der Waals surface area contributed by atoms with Crippen molar-refractivity contribution in [3.05, 3.63) is 41.8 Å². The number of carbonyl (C=O) groups excluding carboxylic acids is 1. The minimum absolute atomic E-state index is 0.0245. The topological polar surface area (TPSA) is 137 Å². The number of nitrogens with one attached hydrogen (secondary N) is 1. The van der Waals surface area contributed by atoms with Gasteiger partial charge in [0.15, 0.2) is 5.82 Å². The molecule has 1 aliphatic carbocycles. The number of piperidine rings is 1. The van der Waals surface area contributed by atoms with Crippen molar-refractivity contribution in [3.63, 3.8) is 0 Å². The molecule has 4 N–H and O–H groups in total. The summed E-state index contributed by atoms with van der Waals surface area (Å²) in [6.45, 7) is 0.410. The minimum atomic E-state index is -0.892. The summed E-state index contributed by atoms with van der Waals surface area (Å²) in [4.78, 5) is 25.7. The van der Waals surface area contributed by atoms with Crippen LogP contribution in [0.15, 0.2) is 30.5 Å². The molecule has 35 heavy (non-hydrogen) atoms. The van der Waals surface area contributed by atoms with Gasteiger partial charge in [-0.3, -0.25) is 9.48 Å². The fourth-order valence-electron chi connectivity index (χ4n) is 5.65. The molecule has 2 unspecified atom stereocenters. The van der Waals surface area contributed by atoms with Crippen LogP contribution in [-0.2, 0) is 0 Å². The van der Waals surface area contributed by atoms with E-state index in [0.717, 1.165) is 25.7 Å². The number of anilines is 2. The molecule has 10 heteroatoms. The Balaban J connectivity index is 1.61. The number of carboxylic acid groups (broad SMARTS) is 1. The lowest BCUT2D eigenvalue weighted by atomic mass is 9.75. The third-order valence-electron chi connectivity index (χ3n) is 7.41. The Morgan fingerprint density at radius 1 is 1.23 bits per heavy atom. The molecule has 1 saturated heterocycles. The van der Waals surface area contributed by atoms with E-state index in [2.05, 4.69) is 16.5 Å². The third kappa shape index (κ3) is 5.56. The number of benzene rings is 1. The van der Waals surface area contributed by atoms with Crippen molar-refractivity contribution >= 4 is 23.5 Å². The Labute approximate surface area is 203 Å². The van der Waals surface area contributed by atoms with Gasteiger partial charge in [0, 0.05) is 24.5 Å². The lowest BCUT2D eigenvalue weighted by Gasteiger charge is -2.44. The maximum Gasteiger partial charge on any atom is 0.407 e. The van der Waals surface area contributed by atoms with Gasteiger partial charge in [0.2, 0.25) is 0 Å². The van der Waals surface area contributed by atoms with Gasteiger partial charge in [0.05, 0.1) is 18.5 Å². The number of nitrogens with two attached hydrogens (primary N) is 1. The van der Waals surface area contributed by atoms with Gasteiger partial charge in [-0.05, 0) is 61.8 Å². The maximum atomic E-state index is 13.3. The van der Waals surface area contributed by atoms with Crippen LogP contribution in [0.1, 0.15) is 67.8 Å². The quantitative estimate of drug-likeness (QED) is 0.525. The second kappa shape index (κ2) is 10.8. The number of rotatable bonds is 7. The summed E-state index contributed by atoms with van der Waals surface area (Å²) in [5.41, 5.74) is 6.32. The Morgan fingerprint density at radius 2 is 1.94 bits per heavy atom. The van der Waals surface area contributed by atoms with Crippen molar-refractivity contribution in [3.8, 4) is 6.07 Å². The average Bonchev–Trinajstić information content (AvgIpc) is 3.28. The van der Waals surface area contributed by atoms with E-state index in [-0.39, 0.29) is 41.6 Å². The molecule has 0 radical (unpaired) electrons. The Kier molecular flexibility index (Phi) is 7.54. The summed E-state index contributed by atoms with van der Waals surface area (Å²) in [5.74, 6) is -0.474. The van der Waals surface area contributed by atoms with Crippen molar-refractivity contribution in [2.75, 3.05) is 11.9 Å². The first kappa shape index (κ1) is 24.5. The number of amides is 2. The van der Waals surface area contributed by atoms with Crippen LogP contribution in [0.2, 0.25) is 0 Å². The standard InChI is InChI=1S/C25H31FN6O3/c26-18-6-8-19(9-7-18)29-24-20(23(28)33)15-32(30-24)21(10-12-27)17-11-13-31(25(34)35)22(14-17)16-4-2-1-3-5-16/h6-9,15-17,21-22H,1-5,10-11,13-14H2,(H2,28,33)(H,29,30)(H,34,35)/t17?,21-,22?/m0/s1. The molecule has 9 nitrogen and oxygen atoms in total. The number of nitriles is 1. The first-order chi connectivity index (χ1) is 16.9. The summed E-state index contributed by atoms with van der Waals surface area (Å²) in [5, 5.41) is 27.0. The van der Waals surface area contributed by atoms with Gasteiger partial charge >= 0.3 is 6.09 Å². The van der Waals surface area contributed by atoms with Crippen LogP contribution >= 0.6 is 0 Å². The molecule has 2 heterocycles. The number of likely N-dealkylation sites (tertiary alicyclic amines) is 1. The van der Waals surface area contributed by atoms with Gasteiger partial charge in [-0.15, -0.1) is 0 Å². The molecular weight excluding hydrogens is 451 g/mol. The number of hydrogen-bond acceptors (Lipinski definition) is 5. The molecule has 3 atom stereocenters. The van der Waals surface area contributed by atoms with E-state index in [1.165, 1.54) is 30.7 Å². The van der Waals surface area contributed by atoms with Crippen LogP contribution in [0.4, 0.5) is 20.7 Å². The van der Waals surface area contributed by atoms with Crippen LogP contribution in [0, 0.1) is 29.0 Å². The number of halogens is 1. The van der Waals surface area contributed by atoms with Crippen molar-refractivity contribution < 1.29 is 19.1 Å². The molecule has 2 aliphatic rings. The van der Waals surface area contributed by atoms with Gasteiger partial charge < -0.3 is 21.1 Å². The largest absolute Gasteiger partial charge is 0.465 e. The average molecular weight is 483 g/mol. The first-order valence-corrected chi connectivity index (χ1v) is 12.2. The van der Waals surface area contributed by atoms with Gasteiger partial charge in [-0.1, -0.05) is 19.3 Å². The van der Waals surface area contributed by atoms with E-state index in [1.807, 2.05) is 0 Å². The van der Waals surface area contributed by atoms with Gasteiger partial charge in [-0.2, -0.15) is 10.4 Å². The highest BCUT2D eigenvalue weighted by Crippen LogP contribution is 2.40. The van der Waals surface area contributed by atoms with Crippen molar-refractivity contribution in [2.24, 2.45) is 17.6 Å². The van der Waals surface area contributed by atoms with Gasteiger partial charge in [0.25, 0.3) is 5.91 Å². The van der Waals surface area contributed by atoms with Crippen LogP contribution in [0.25, 0.3) is 0 Å². The maximum absolute atomic E-state index is 13.3. The first-order valence-electron chi connectivity index (χ1n) is 12.2. The third-order valence-corrected chi connectivity index (χ3v) is 7.41. The highest BCUT2D eigenvalue weighted by molar-refractivity contribution is 5.98. The zero-order chi connectivity index (χ0) is 24.9. The summed E-state index contributed by atoms with van der Waals surface area (Å²) >= 11 is 0. The normalized spacial score (nSPS) is 21.8. The fourth-order valence-corrected chi connectivity index (χ4v) is 5.65. The highest BCUT2D eigenvalue weighted by Gasteiger charge is 2.40. The Bertz CT molecular complexity index is 1090. The van der Waals surface area contributed by atoms with E-state index in [0.29, 0.717) is 31.0 Å². The Hall–Kier alpha value is -3.61. The Morgan fingerprint density at radius 3 is 2.57 bits per heavy atom. The highest BCUT2D eigenvalue weighted by atomic mass is 19.1. The SMILES string of the molecule is N#CC[C@@H](C1CCN(C(=O)O)C(C2CCCCC2)C1)n1cc(C(N)=O)c(Nc2ccc(F)cc2)n1. The number of hydrogen-bond donors (Lipinski definition) is 3. The fraction of sp³-hybridized carbons (Fsp3) is 0.520. The second-order valence-corrected chi connectivity index (χ2v) is 9.52. The van der Waals surface area contributed by atoms with Crippen LogP contribution in [0.5, 0.6) is 0 Å². The smallest absolute Gasteiger partial charge is 0.407 e. The number of nitrogens with zero attached hydrogens (tertiary/aromatic N) is 4. The van der Waals surface area contributed by atoms with E-state index in [4.69, 9.17) is 5.73 Å². The molecule has 1 saturated carbocycles. The van der Waals surface area contributed by atoms with Gasteiger partial charge in [0.1, 0.15) is 11.4 Å². The molecular formula is C25H31FN6O3. The summed E-state index contributed by atoms with van der Waals surface area (Å²) in [6, 6.07) is 7.47. The minimum Gasteiger partial charge on any atom is -0.465 e. The van der Waals surface area contributed by atoms with Crippen LogP contribution in [0.3, 0.4) is 0 Å². The zero-order valence-corrected chi connectivity index (χ0v) is 19.6. The molecule has 186 valence electrons. The molecule has 2 amide bonds. The summed E-state index contributed by atoms with van der Waals surface area (Å²) in [6.07, 6.45) is 7.53. The molecule has 2 aromatic rings. The number of aromatic nitrogens is 2. The second-order valence-electron chi connectivity index (χ2n) is 9.52. The van der Waals surface area contributed by atoms with E-state index in [1.54, 1.807) is 15.8 Å².